The van der Waals surface area contributed by atoms with E-state index in [0.717, 1.165) is 11.5 Å². The highest BCUT2D eigenvalue weighted by Gasteiger charge is 2.34. The summed E-state index contributed by atoms with van der Waals surface area (Å²) in [6, 6.07) is 10.4. The Morgan fingerprint density at radius 1 is 1.10 bits per heavy atom. The zero-order valence-corrected chi connectivity index (χ0v) is 10.6. The lowest BCUT2D eigenvalue weighted by Gasteiger charge is -2.14. The van der Waals surface area contributed by atoms with E-state index in [1.54, 1.807) is 24.3 Å². The van der Waals surface area contributed by atoms with Crippen molar-refractivity contribution >= 4 is 17.2 Å². The number of aromatic nitrogens is 2. The third-order valence-electron chi connectivity index (χ3n) is 3.17. The molecule has 1 aromatic heterocycles. The van der Waals surface area contributed by atoms with Gasteiger partial charge in [-0.1, -0.05) is 18.2 Å². The van der Waals surface area contributed by atoms with Crippen molar-refractivity contribution < 1.29 is 18.0 Å². The van der Waals surface area contributed by atoms with Crippen LogP contribution in [0.1, 0.15) is 15.9 Å². The molecule has 0 aliphatic carbocycles. The molecule has 1 heterocycles. The number of hydrogen-bond donors (Lipinski definition) is 0. The predicted molar refractivity (Wildman–Crippen MR) is 71.5 cm³/mol. The van der Waals surface area contributed by atoms with Crippen molar-refractivity contribution in [3.8, 4) is 5.69 Å². The van der Waals surface area contributed by atoms with Gasteiger partial charge in [0.2, 0.25) is 0 Å². The summed E-state index contributed by atoms with van der Waals surface area (Å²) in [5.74, 6) is 0. The fourth-order valence-corrected chi connectivity index (χ4v) is 2.20. The maximum absolute atomic E-state index is 13.2. The molecule has 0 atom stereocenters. The quantitative estimate of drug-likeness (QED) is 0.672. The monoisotopic (exact) mass is 290 g/mol. The largest absolute Gasteiger partial charge is 0.418 e. The molecule has 0 aliphatic rings. The Bertz CT molecular complexity index is 821. The second-order valence-electron chi connectivity index (χ2n) is 4.51. The van der Waals surface area contributed by atoms with Crippen LogP contribution < -0.4 is 0 Å². The predicted octanol–water partition coefficient (Wildman–Crippen LogP) is 3.86. The van der Waals surface area contributed by atoms with E-state index >= 15 is 0 Å². The average Bonchev–Trinajstić information content (AvgIpc) is 2.89. The molecule has 0 amide bonds. The van der Waals surface area contributed by atoms with Gasteiger partial charge in [0.1, 0.15) is 6.29 Å². The molecule has 0 bridgehead atoms. The number of rotatable bonds is 2. The molecule has 0 fully saturated rings. The molecule has 0 spiro atoms. The van der Waals surface area contributed by atoms with E-state index in [1.165, 1.54) is 23.0 Å². The van der Waals surface area contributed by atoms with Crippen LogP contribution in [0, 0.1) is 0 Å². The third kappa shape index (κ3) is 2.29. The lowest BCUT2D eigenvalue weighted by Crippen LogP contribution is -2.12. The van der Waals surface area contributed by atoms with Gasteiger partial charge in [0, 0.05) is 10.9 Å². The van der Waals surface area contributed by atoms with Gasteiger partial charge >= 0.3 is 6.18 Å². The number of nitrogens with zero attached hydrogens (tertiary/aromatic N) is 2. The van der Waals surface area contributed by atoms with Crippen LogP contribution in [0.15, 0.2) is 48.7 Å². The number of fused-ring (bicyclic) bond motifs is 1. The van der Waals surface area contributed by atoms with Crippen molar-refractivity contribution in [2.24, 2.45) is 0 Å². The number of alkyl halides is 3. The Morgan fingerprint density at radius 2 is 1.86 bits per heavy atom. The lowest BCUT2D eigenvalue weighted by molar-refractivity contribution is -0.137. The first-order valence-corrected chi connectivity index (χ1v) is 6.10. The maximum atomic E-state index is 13.2. The second kappa shape index (κ2) is 4.73. The highest BCUT2D eigenvalue weighted by atomic mass is 19.4. The molecule has 3 aromatic rings. The summed E-state index contributed by atoms with van der Waals surface area (Å²) >= 11 is 0. The molecule has 106 valence electrons. The van der Waals surface area contributed by atoms with Crippen molar-refractivity contribution in [3.05, 3.63) is 59.8 Å². The maximum Gasteiger partial charge on any atom is 0.418 e. The molecule has 0 N–H and O–H groups in total. The van der Waals surface area contributed by atoms with Crippen LogP contribution in [0.25, 0.3) is 16.6 Å². The summed E-state index contributed by atoms with van der Waals surface area (Å²) in [7, 11) is 0. The molecule has 3 rings (SSSR count). The average molecular weight is 290 g/mol. The van der Waals surface area contributed by atoms with Crippen LogP contribution in [0.3, 0.4) is 0 Å². The van der Waals surface area contributed by atoms with Crippen LogP contribution >= 0.6 is 0 Å². The van der Waals surface area contributed by atoms with Gasteiger partial charge in [0.05, 0.1) is 23.0 Å². The van der Waals surface area contributed by atoms with Crippen LogP contribution in [0.4, 0.5) is 13.2 Å². The minimum atomic E-state index is -4.57. The molecular weight excluding hydrogens is 281 g/mol. The highest BCUT2D eigenvalue weighted by molar-refractivity contribution is 5.81. The zero-order valence-electron chi connectivity index (χ0n) is 10.6. The number of benzene rings is 2. The van der Waals surface area contributed by atoms with Gasteiger partial charge in [0.15, 0.2) is 0 Å². The van der Waals surface area contributed by atoms with Crippen LogP contribution in [0.2, 0.25) is 0 Å². The number of para-hydroxylation sites is 1. The summed E-state index contributed by atoms with van der Waals surface area (Å²) in [6.07, 6.45) is -2.68. The molecule has 0 saturated heterocycles. The second-order valence-corrected chi connectivity index (χ2v) is 4.51. The Kier molecular flexibility index (Phi) is 3.01. The van der Waals surface area contributed by atoms with Gasteiger partial charge in [-0.15, -0.1) is 0 Å². The first-order chi connectivity index (χ1) is 10.0. The minimum Gasteiger partial charge on any atom is -0.298 e. The number of hydrogen-bond acceptors (Lipinski definition) is 2. The van der Waals surface area contributed by atoms with Crippen LogP contribution in [-0.4, -0.2) is 16.1 Å². The van der Waals surface area contributed by atoms with Gasteiger partial charge < -0.3 is 0 Å². The summed E-state index contributed by atoms with van der Waals surface area (Å²) in [6.45, 7) is 0. The van der Waals surface area contributed by atoms with Gasteiger partial charge in [-0.05, 0) is 24.3 Å². The Balaban J connectivity index is 2.29. The normalized spacial score (nSPS) is 11.8. The summed E-state index contributed by atoms with van der Waals surface area (Å²) < 4.78 is 40.8. The fourth-order valence-electron chi connectivity index (χ4n) is 2.20. The third-order valence-corrected chi connectivity index (χ3v) is 3.17. The van der Waals surface area contributed by atoms with Crippen molar-refractivity contribution in [2.75, 3.05) is 0 Å². The summed E-state index contributed by atoms with van der Waals surface area (Å²) in [4.78, 5) is 10.7. The molecule has 2 aromatic carbocycles. The highest BCUT2D eigenvalue weighted by Crippen LogP contribution is 2.35. The van der Waals surface area contributed by atoms with Crippen LogP contribution in [0.5, 0.6) is 0 Å². The van der Waals surface area contributed by atoms with E-state index in [-0.39, 0.29) is 11.3 Å². The summed E-state index contributed by atoms with van der Waals surface area (Å²) in [5, 5.41) is 4.76. The molecule has 0 aliphatic heterocycles. The van der Waals surface area contributed by atoms with E-state index in [2.05, 4.69) is 5.10 Å². The Hall–Kier alpha value is -2.63. The van der Waals surface area contributed by atoms with E-state index in [4.69, 9.17) is 0 Å². The summed E-state index contributed by atoms with van der Waals surface area (Å²) in [5.41, 5.74) is -0.445. The minimum absolute atomic E-state index is 0.0254. The van der Waals surface area contributed by atoms with Crippen molar-refractivity contribution in [3.63, 3.8) is 0 Å². The number of carbonyl (C=O) groups excluding carboxylic acids is 1. The first kappa shape index (κ1) is 13.4. The standard InChI is InChI=1S/C15H9F3N2O/c16-15(17,18)12-7-10(9-21)5-6-14(12)20-13-4-2-1-3-11(13)8-19-20/h1-9H. The Labute approximate surface area is 117 Å². The van der Waals surface area contributed by atoms with E-state index in [9.17, 15) is 18.0 Å². The molecule has 0 unspecified atom stereocenters. The lowest BCUT2D eigenvalue weighted by atomic mass is 10.1. The molecular formula is C15H9F3N2O. The van der Waals surface area contributed by atoms with E-state index < -0.39 is 11.7 Å². The van der Waals surface area contributed by atoms with E-state index in [1.807, 2.05) is 0 Å². The van der Waals surface area contributed by atoms with E-state index in [0.29, 0.717) is 11.8 Å². The molecule has 0 saturated carbocycles. The number of halogens is 3. The van der Waals surface area contributed by atoms with Gasteiger partial charge in [-0.25, -0.2) is 4.68 Å². The number of carbonyl (C=O) groups is 1. The molecule has 21 heavy (non-hydrogen) atoms. The van der Waals surface area contributed by atoms with Gasteiger partial charge in [-0.3, -0.25) is 4.79 Å². The first-order valence-electron chi connectivity index (χ1n) is 6.10. The van der Waals surface area contributed by atoms with Crippen LogP contribution in [-0.2, 0) is 6.18 Å². The SMILES string of the molecule is O=Cc1ccc(-n2ncc3ccccc32)c(C(F)(F)F)c1. The number of aldehydes is 1. The molecule has 3 nitrogen and oxygen atoms in total. The fraction of sp³-hybridized carbons (Fsp3) is 0.0667. The van der Waals surface area contributed by atoms with Crippen molar-refractivity contribution in [2.45, 2.75) is 6.18 Å². The molecule has 0 radical (unpaired) electrons. The van der Waals surface area contributed by atoms with Gasteiger partial charge in [-0.2, -0.15) is 18.3 Å². The van der Waals surface area contributed by atoms with Crippen molar-refractivity contribution in [1.82, 2.24) is 9.78 Å². The molecule has 6 heteroatoms. The Morgan fingerprint density at radius 3 is 2.57 bits per heavy atom. The van der Waals surface area contributed by atoms with Crippen molar-refractivity contribution in [1.29, 1.82) is 0 Å². The topological polar surface area (TPSA) is 34.9 Å². The smallest absolute Gasteiger partial charge is 0.298 e. The van der Waals surface area contributed by atoms with Gasteiger partial charge in [0.25, 0.3) is 0 Å². The zero-order chi connectivity index (χ0) is 15.0.